The zero-order valence-electron chi connectivity index (χ0n) is 16.1. The first-order chi connectivity index (χ1) is 14.1. The highest BCUT2D eigenvalue weighted by molar-refractivity contribution is 5.96. The first-order valence-electron chi connectivity index (χ1n) is 9.36. The van der Waals surface area contributed by atoms with E-state index in [-0.39, 0.29) is 5.91 Å². The van der Waals surface area contributed by atoms with Gasteiger partial charge in [-0.25, -0.2) is 4.98 Å². The maximum absolute atomic E-state index is 12.5. The van der Waals surface area contributed by atoms with Gasteiger partial charge in [-0.05, 0) is 59.5 Å². The molecule has 0 fully saturated rings. The van der Waals surface area contributed by atoms with Crippen molar-refractivity contribution in [1.82, 2.24) is 9.97 Å². The van der Waals surface area contributed by atoms with Crippen LogP contribution in [-0.2, 0) is 11.2 Å². The number of aromatic amines is 1. The van der Waals surface area contributed by atoms with E-state index >= 15 is 0 Å². The number of hydrogen-bond acceptors (Lipinski definition) is 4. The molecule has 1 atom stereocenters. The molecule has 4 aromatic rings. The lowest BCUT2D eigenvalue weighted by atomic mass is 10.0. The number of fused-ring (bicyclic) bond motifs is 1. The number of methoxy groups -OCH3 is 1. The lowest BCUT2D eigenvalue weighted by molar-refractivity contribution is -0.117. The minimum absolute atomic E-state index is 0.217. The fourth-order valence-electron chi connectivity index (χ4n) is 3.29. The molecule has 0 radical (unpaired) electrons. The standard InChI is InChI=1S/C23H22N4O2/c1-29-18-8-2-15(3-9-18)14-21(24)23(28)27-17-6-4-16(5-7-17)19-10-12-25-22-20(19)11-13-26-22/h2-13,21H,14,24H2,1H3,(H,25,26)(H,27,28)/t21-/m0/s1. The maximum atomic E-state index is 12.5. The highest BCUT2D eigenvalue weighted by Gasteiger charge is 2.15. The summed E-state index contributed by atoms with van der Waals surface area (Å²) in [6, 6.07) is 18.6. The summed E-state index contributed by atoms with van der Waals surface area (Å²) in [6.07, 6.45) is 4.11. The average molecular weight is 386 g/mol. The molecule has 1 amide bonds. The van der Waals surface area contributed by atoms with Crippen LogP contribution in [0.4, 0.5) is 5.69 Å². The molecular weight excluding hydrogens is 364 g/mol. The molecule has 4 rings (SSSR count). The van der Waals surface area contributed by atoms with Gasteiger partial charge in [-0.15, -0.1) is 0 Å². The Balaban J connectivity index is 1.42. The van der Waals surface area contributed by atoms with Gasteiger partial charge >= 0.3 is 0 Å². The summed E-state index contributed by atoms with van der Waals surface area (Å²) in [6.45, 7) is 0. The van der Waals surface area contributed by atoms with E-state index in [1.165, 1.54) is 0 Å². The number of nitrogens with two attached hydrogens (primary N) is 1. The smallest absolute Gasteiger partial charge is 0.241 e. The van der Waals surface area contributed by atoms with E-state index in [1.807, 2.05) is 66.9 Å². The van der Waals surface area contributed by atoms with Crippen LogP contribution in [0.2, 0.25) is 0 Å². The number of aromatic nitrogens is 2. The fraction of sp³-hybridized carbons (Fsp3) is 0.130. The zero-order chi connectivity index (χ0) is 20.2. The van der Waals surface area contributed by atoms with E-state index in [1.54, 1.807) is 13.3 Å². The van der Waals surface area contributed by atoms with Crippen LogP contribution in [0.15, 0.2) is 73.1 Å². The van der Waals surface area contributed by atoms with E-state index in [0.717, 1.165) is 33.5 Å². The van der Waals surface area contributed by atoms with Crippen LogP contribution in [0.5, 0.6) is 5.75 Å². The minimum Gasteiger partial charge on any atom is -0.497 e. The number of hydrogen-bond donors (Lipinski definition) is 3. The Hall–Kier alpha value is -3.64. The predicted octanol–water partition coefficient (Wildman–Crippen LogP) is 3.75. The van der Waals surface area contributed by atoms with Gasteiger partial charge < -0.3 is 20.8 Å². The number of nitrogens with one attached hydrogen (secondary N) is 2. The molecule has 0 spiro atoms. The van der Waals surface area contributed by atoms with E-state index in [2.05, 4.69) is 15.3 Å². The van der Waals surface area contributed by atoms with Crippen molar-refractivity contribution in [3.05, 3.63) is 78.6 Å². The molecule has 146 valence electrons. The number of pyridine rings is 1. The maximum Gasteiger partial charge on any atom is 0.241 e. The van der Waals surface area contributed by atoms with Crippen LogP contribution in [0.3, 0.4) is 0 Å². The molecule has 29 heavy (non-hydrogen) atoms. The van der Waals surface area contributed by atoms with Gasteiger partial charge in [0.05, 0.1) is 13.2 Å². The number of nitrogens with zero attached hydrogens (tertiary/aromatic N) is 1. The molecule has 2 heterocycles. The van der Waals surface area contributed by atoms with Gasteiger partial charge in [0, 0.05) is 23.5 Å². The third kappa shape index (κ3) is 4.12. The monoisotopic (exact) mass is 386 g/mol. The van der Waals surface area contributed by atoms with Crippen molar-refractivity contribution < 1.29 is 9.53 Å². The van der Waals surface area contributed by atoms with Gasteiger partial charge in [-0.3, -0.25) is 4.79 Å². The molecule has 0 aliphatic heterocycles. The lowest BCUT2D eigenvalue weighted by Crippen LogP contribution is -2.37. The van der Waals surface area contributed by atoms with Gasteiger partial charge in [0.15, 0.2) is 0 Å². The summed E-state index contributed by atoms with van der Waals surface area (Å²) in [7, 11) is 1.62. The Morgan fingerprint density at radius 1 is 1.10 bits per heavy atom. The first-order valence-corrected chi connectivity index (χ1v) is 9.36. The summed E-state index contributed by atoms with van der Waals surface area (Å²) >= 11 is 0. The van der Waals surface area contributed by atoms with Crippen molar-refractivity contribution in [2.75, 3.05) is 12.4 Å². The molecule has 0 aliphatic rings. The van der Waals surface area contributed by atoms with Crippen LogP contribution in [0.1, 0.15) is 5.56 Å². The van der Waals surface area contributed by atoms with Gasteiger partial charge in [0.1, 0.15) is 11.4 Å². The number of anilines is 1. The van der Waals surface area contributed by atoms with E-state index in [4.69, 9.17) is 10.5 Å². The van der Waals surface area contributed by atoms with Crippen LogP contribution in [0, 0.1) is 0 Å². The van der Waals surface area contributed by atoms with Crippen LogP contribution < -0.4 is 15.8 Å². The van der Waals surface area contributed by atoms with Crippen molar-refractivity contribution in [2.24, 2.45) is 5.73 Å². The molecular formula is C23H22N4O2. The molecule has 0 saturated carbocycles. The molecule has 4 N–H and O–H groups in total. The van der Waals surface area contributed by atoms with Gasteiger partial charge in [0.25, 0.3) is 0 Å². The van der Waals surface area contributed by atoms with Crippen molar-refractivity contribution in [2.45, 2.75) is 12.5 Å². The van der Waals surface area contributed by atoms with Crippen LogP contribution in [0.25, 0.3) is 22.2 Å². The molecule has 0 bridgehead atoms. The quantitative estimate of drug-likeness (QED) is 0.470. The Bertz CT molecular complexity index is 1120. The topological polar surface area (TPSA) is 93.0 Å². The van der Waals surface area contributed by atoms with E-state index < -0.39 is 6.04 Å². The Morgan fingerprint density at radius 3 is 2.59 bits per heavy atom. The fourth-order valence-corrected chi connectivity index (χ4v) is 3.29. The van der Waals surface area contributed by atoms with Crippen molar-refractivity contribution >= 4 is 22.6 Å². The molecule has 6 nitrogen and oxygen atoms in total. The largest absolute Gasteiger partial charge is 0.497 e. The van der Waals surface area contributed by atoms with Gasteiger partial charge in [-0.2, -0.15) is 0 Å². The number of carbonyl (C=O) groups excluding carboxylic acids is 1. The summed E-state index contributed by atoms with van der Waals surface area (Å²) in [5.74, 6) is 0.559. The second-order valence-electron chi connectivity index (χ2n) is 6.82. The van der Waals surface area contributed by atoms with Gasteiger partial charge in [-0.1, -0.05) is 24.3 Å². The highest BCUT2D eigenvalue weighted by Crippen LogP contribution is 2.27. The van der Waals surface area contributed by atoms with Gasteiger partial charge in [0.2, 0.25) is 5.91 Å². The minimum atomic E-state index is -0.636. The normalized spacial score (nSPS) is 11.9. The first kappa shape index (κ1) is 18.7. The third-order valence-electron chi connectivity index (χ3n) is 4.88. The Morgan fingerprint density at radius 2 is 1.86 bits per heavy atom. The number of carbonyl (C=O) groups is 1. The highest BCUT2D eigenvalue weighted by atomic mass is 16.5. The Labute approximate surface area is 168 Å². The zero-order valence-corrected chi connectivity index (χ0v) is 16.1. The molecule has 2 aromatic heterocycles. The molecule has 0 saturated heterocycles. The number of benzene rings is 2. The molecule has 0 unspecified atom stereocenters. The number of amides is 1. The van der Waals surface area contributed by atoms with Crippen LogP contribution in [-0.4, -0.2) is 29.0 Å². The van der Waals surface area contributed by atoms with Crippen molar-refractivity contribution in [1.29, 1.82) is 0 Å². The second-order valence-corrected chi connectivity index (χ2v) is 6.82. The van der Waals surface area contributed by atoms with Crippen molar-refractivity contribution in [3.63, 3.8) is 0 Å². The SMILES string of the molecule is COc1ccc(C[C@H](N)C(=O)Nc2ccc(-c3ccnc4[nH]ccc34)cc2)cc1. The third-order valence-corrected chi connectivity index (χ3v) is 4.88. The molecule has 2 aromatic carbocycles. The lowest BCUT2D eigenvalue weighted by Gasteiger charge is -2.13. The van der Waals surface area contributed by atoms with Crippen molar-refractivity contribution in [3.8, 4) is 16.9 Å². The molecule has 0 aliphatic carbocycles. The summed E-state index contributed by atoms with van der Waals surface area (Å²) in [4.78, 5) is 19.9. The van der Waals surface area contributed by atoms with E-state index in [0.29, 0.717) is 12.1 Å². The summed E-state index contributed by atoms with van der Waals surface area (Å²) in [5, 5.41) is 3.95. The Kier molecular flexibility index (Phi) is 5.27. The number of ether oxygens (including phenoxy) is 1. The number of H-pyrrole nitrogens is 1. The van der Waals surface area contributed by atoms with E-state index in [9.17, 15) is 4.79 Å². The summed E-state index contributed by atoms with van der Waals surface area (Å²) in [5.41, 5.74) is 10.8. The second kappa shape index (κ2) is 8.16. The predicted molar refractivity (Wildman–Crippen MR) is 115 cm³/mol. The average Bonchev–Trinajstić information content (AvgIpc) is 3.24. The summed E-state index contributed by atoms with van der Waals surface area (Å²) < 4.78 is 5.15. The van der Waals surface area contributed by atoms with Crippen LogP contribution >= 0.6 is 0 Å². The molecule has 6 heteroatoms. The number of rotatable bonds is 6.